The van der Waals surface area contributed by atoms with Crippen LogP contribution in [0.4, 0.5) is 0 Å². The monoisotopic (exact) mass is 2320 g/mol. The van der Waals surface area contributed by atoms with Gasteiger partial charge in [-0.2, -0.15) is 10.2 Å². The Morgan fingerprint density at radius 1 is 0.729 bits per heavy atom. The third-order valence-corrected chi connectivity index (χ3v) is 14.1. The molecule has 0 unspecified atom stereocenters. The van der Waals surface area contributed by atoms with Crippen molar-refractivity contribution in [1.82, 2.24) is 19.6 Å². The Labute approximate surface area is 715 Å². The SMILES string of the molecule is Brc1cnn(C2CCOCC2)c1.C/C=C(/Br)C=N.CC(C)(O)C(C)(C)O.CC(C)(O)C(C)(C)O.CC1(C)OB(c2cnn(C3CCOCC3)c2)OC1(C)C.CC1CCOCC1.CS(=O)(=O)Cl.O=CO[O-].OC1CCOCC1.[B][B].[H-].[K+].[K+].[U].[U].[U].[U]. The number of rotatable bonds is 7. The molecule has 474 valence electrons. The molecule has 5 saturated heterocycles. The second kappa shape index (κ2) is 58.6. The van der Waals surface area contributed by atoms with E-state index in [2.05, 4.69) is 114 Å². The molecular weight excluding hydrogens is 2230 g/mol. The Balaban J connectivity index is -0.0000000975. The molecule has 6 N–H and O–H groups in total. The number of carbonyl (C=O) groups excluding carboxylic acids is 1. The van der Waals surface area contributed by atoms with Gasteiger partial charge in [0.15, 0.2) is 0 Å². The minimum absolute atomic E-state index is 0. The van der Waals surface area contributed by atoms with Gasteiger partial charge in [-0.15, -0.1) is 0 Å². The van der Waals surface area contributed by atoms with E-state index >= 15 is 0 Å². The van der Waals surface area contributed by atoms with Crippen molar-refractivity contribution < 1.29 is 306 Å². The Kier molecular flexibility index (Phi) is 75.4. The maximum Gasteiger partial charge on any atom is 1.00 e. The van der Waals surface area contributed by atoms with Crippen molar-refractivity contribution >= 4 is 92.3 Å². The van der Waals surface area contributed by atoms with Gasteiger partial charge < -0.3 is 70.8 Å². The molecule has 5 aliphatic rings. The Morgan fingerprint density at radius 3 is 1.21 bits per heavy atom. The molecule has 5 aliphatic heterocycles. The fraction of sp³-hybridized carbons (Fsp3) is 0.804. The maximum atomic E-state index is 9.40. The van der Waals surface area contributed by atoms with Crippen molar-refractivity contribution in [3.05, 3.63) is 39.8 Å². The van der Waals surface area contributed by atoms with Crippen LogP contribution in [0, 0.1) is 136 Å². The summed E-state index contributed by atoms with van der Waals surface area (Å²) in [6, 6.07) is 0.963. The summed E-state index contributed by atoms with van der Waals surface area (Å²) in [5.74, 6) is 0.911. The Bertz CT molecular complexity index is 1970. The van der Waals surface area contributed by atoms with Gasteiger partial charge in [0, 0.05) is 238 Å². The molecule has 0 spiro atoms. The molecule has 7 rings (SSSR count). The van der Waals surface area contributed by atoms with Crippen LogP contribution in [0.15, 0.2) is 39.8 Å². The topological polar surface area (TPSA) is 300 Å². The summed E-state index contributed by atoms with van der Waals surface area (Å²) in [6.07, 6.45) is 20.0. The molecule has 2 aromatic heterocycles. The van der Waals surface area contributed by atoms with Gasteiger partial charge in [0.2, 0.25) is 9.05 Å². The summed E-state index contributed by atoms with van der Waals surface area (Å²) in [4.78, 5) is 11.2. The molecule has 0 bridgehead atoms. The van der Waals surface area contributed by atoms with Crippen LogP contribution in [0.2, 0.25) is 0 Å². The quantitative estimate of drug-likeness (QED) is 0.0535. The first-order chi connectivity index (χ1) is 36.3. The van der Waals surface area contributed by atoms with E-state index in [-0.39, 0.29) is 260 Å². The van der Waals surface area contributed by atoms with Crippen LogP contribution in [0.1, 0.15) is 162 Å². The molecule has 4 radical (unpaired) electrons. The number of nitrogens with zero attached hydrogens (tertiary/aromatic N) is 4. The Hall–Kier alpha value is 5.70. The van der Waals surface area contributed by atoms with E-state index in [1.807, 2.05) is 41.0 Å². The van der Waals surface area contributed by atoms with Crippen molar-refractivity contribution in [3.63, 3.8) is 0 Å². The largest absolute Gasteiger partial charge is 1.00 e. The van der Waals surface area contributed by atoms with Gasteiger partial charge in [0.05, 0.1) is 68.7 Å². The normalized spacial score (nSPS) is 17.6. The predicted molar refractivity (Wildman–Crippen MR) is 318 cm³/mol. The van der Waals surface area contributed by atoms with Gasteiger partial charge in [0.25, 0.3) is 6.47 Å². The fourth-order valence-corrected chi connectivity index (χ4v) is 5.95. The van der Waals surface area contributed by atoms with E-state index in [1.54, 1.807) is 55.4 Å². The molecule has 0 aliphatic carbocycles. The number of aromatic nitrogens is 4. The van der Waals surface area contributed by atoms with E-state index in [4.69, 9.17) is 69.2 Å². The molecule has 5 fully saturated rings. The zero-order chi connectivity index (χ0) is 61.9. The first kappa shape index (κ1) is 109. The number of aliphatic hydroxyl groups is 5. The zero-order valence-electron chi connectivity index (χ0n) is 54.5. The maximum absolute atomic E-state index is 9.40. The first-order valence-corrected chi connectivity index (χ1v) is 30.3. The third kappa shape index (κ3) is 57.3. The summed E-state index contributed by atoms with van der Waals surface area (Å²) in [6.45, 7) is 31.6. The van der Waals surface area contributed by atoms with Crippen LogP contribution in [0.5, 0.6) is 0 Å². The van der Waals surface area contributed by atoms with E-state index in [1.165, 1.54) is 19.1 Å². The van der Waals surface area contributed by atoms with E-state index in [9.17, 15) is 8.42 Å². The van der Waals surface area contributed by atoms with Crippen LogP contribution < -0.4 is 113 Å². The minimum Gasteiger partial charge on any atom is -1.00 e. The number of nitrogens with one attached hydrogen (secondary N) is 1. The summed E-state index contributed by atoms with van der Waals surface area (Å²) < 4.78 is 57.6. The number of halogens is 3. The number of hydrogen-bond donors (Lipinski definition) is 6. The zero-order valence-corrected chi connectivity index (χ0v) is 81.1. The van der Waals surface area contributed by atoms with E-state index < -0.39 is 31.5 Å². The standard InChI is InChI=1S/C14H23BN2O3.C8H11BrN2O.2C6H14O2.C6H12O.C5H10O2.C4H6BrN.CH3ClO2S.CH2O3.B2.2K.4U.H/c1-13(2)14(3,4)20-15(19-13)11-9-16-17(10-11)12-5-7-18-8-6-12;9-7-5-10-11(6-7)8-1-3-12-4-2-8;2*1-5(2,7)6(3,4)8;1-6-2-4-7-5-3-6;6-5-1-3-7-4-2-5;1-2-4(5)3-6;1-5(2,3)4;2-1-4-3;1-2;;;;;;;/h9-10,12H,5-8H2,1-4H3;5-6,8H,1-4H2;2*7-8H,1-4H3;6H,2-5H2,1H3;5-6H,1-4H2;2-3,6H,1H3;1H3;1,3H;;;;;;;;/q;;;;;;;;;;2*+1;;;;;-1/p-1/b;;;;;;4-2+,6-3?;;;;;;;;;;. The first-order valence-electron chi connectivity index (χ1n) is 26.0. The summed E-state index contributed by atoms with van der Waals surface area (Å²) in [5.41, 5.74) is -3.65. The number of aliphatic hydroxyl groups excluding tert-OH is 1. The summed E-state index contributed by atoms with van der Waals surface area (Å²) in [7, 11) is 8.98. The fourth-order valence-electron chi connectivity index (χ4n) is 5.65. The molecule has 0 atom stereocenters. The van der Waals surface area contributed by atoms with Gasteiger partial charge in [0.1, 0.15) is 0 Å². The van der Waals surface area contributed by atoms with Crippen LogP contribution in [-0.4, -0.2) is 188 Å². The third-order valence-electron chi connectivity index (χ3n) is 13.0. The number of allylic oxidation sites excluding steroid dienone is 2. The number of carbonyl (C=O) groups is 1. The smallest absolute Gasteiger partial charge is 1.00 e. The molecule has 2 aromatic rings. The summed E-state index contributed by atoms with van der Waals surface area (Å²) >= 11 is 6.48. The number of ether oxygens (including phenoxy) is 4. The van der Waals surface area contributed by atoms with Crippen molar-refractivity contribution in [2.24, 2.45) is 5.92 Å². The van der Waals surface area contributed by atoms with Crippen molar-refractivity contribution in [1.29, 1.82) is 5.41 Å². The molecule has 0 saturated carbocycles. The van der Waals surface area contributed by atoms with Crippen LogP contribution in [0.3, 0.4) is 0 Å². The van der Waals surface area contributed by atoms with Gasteiger partial charge in [-0.05, 0) is 179 Å². The van der Waals surface area contributed by atoms with Gasteiger partial charge in [-0.1, -0.05) is 13.0 Å². The van der Waals surface area contributed by atoms with Crippen LogP contribution in [-0.2, 0) is 47.0 Å². The summed E-state index contributed by atoms with van der Waals surface area (Å²) in [5, 5.41) is 69.0. The van der Waals surface area contributed by atoms with E-state index in [0.29, 0.717) is 12.1 Å². The number of hydrogen-bond acceptors (Lipinski definition) is 19. The molecule has 34 heteroatoms. The van der Waals surface area contributed by atoms with Crippen molar-refractivity contribution in [2.75, 3.05) is 59.1 Å². The molecular formula is C51H95B3Br2ClK2N5O16SU4. The Morgan fingerprint density at radius 2 is 1.01 bits per heavy atom. The molecule has 21 nitrogen and oxygen atoms in total. The minimum atomic E-state index is -3.19. The molecule has 0 aromatic carbocycles. The van der Waals surface area contributed by atoms with Gasteiger partial charge >= 0.3 is 110 Å². The van der Waals surface area contributed by atoms with Crippen molar-refractivity contribution in [3.8, 4) is 0 Å². The molecule has 0 amide bonds. The average molecular weight is 2320 g/mol. The van der Waals surface area contributed by atoms with Crippen LogP contribution >= 0.6 is 42.5 Å². The molecule has 7 heterocycles. The van der Waals surface area contributed by atoms with Crippen molar-refractivity contribution in [2.45, 2.75) is 200 Å². The molecule has 85 heavy (non-hydrogen) atoms. The van der Waals surface area contributed by atoms with Crippen LogP contribution in [0.25, 0.3) is 0 Å². The second-order valence-electron chi connectivity index (χ2n) is 21.7. The average Bonchev–Trinajstić information content (AvgIpc) is 4.10. The second-order valence-corrected chi connectivity index (χ2v) is 26.6. The predicted octanol–water partition coefficient (Wildman–Crippen LogP) is 0.0910. The van der Waals surface area contributed by atoms with Gasteiger partial charge in [-0.25, -0.2) is 8.42 Å². The van der Waals surface area contributed by atoms with E-state index in [0.717, 1.165) is 118 Å². The van der Waals surface area contributed by atoms with Gasteiger partial charge in [-0.3, -0.25) is 14.2 Å².